The summed E-state index contributed by atoms with van der Waals surface area (Å²) in [4.78, 5) is 0. The highest BCUT2D eigenvalue weighted by molar-refractivity contribution is 7.93. The van der Waals surface area contributed by atoms with Crippen molar-refractivity contribution in [3.05, 3.63) is 0 Å². The predicted molar refractivity (Wildman–Crippen MR) is 33.9 cm³/mol. The highest BCUT2D eigenvalue weighted by Gasteiger charge is 2.45. The van der Waals surface area contributed by atoms with Gasteiger partial charge in [0.25, 0.3) is 0 Å². The van der Waals surface area contributed by atoms with E-state index in [2.05, 4.69) is 0 Å². The molecule has 1 saturated heterocycles. The maximum atomic E-state index is 10.5. The Labute approximate surface area is 54.6 Å². The molecular formula is C5H10O3S. The van der Waals surface area contributed by atoms with Gasteiger partial charge in [0.2, 0.25) is 0 Å². The second-order valence-corrected chi connectivity index (χ2v) is 4.67. The van der Waals surface area contributed by atoms with E-state index >= 15 is 0 Å². The van der Waals surface area contributed by atoms with E-state index in [9.17, 15) is 13.5 Å². The maximum Gasteiger partial charge on any atom is 0.156 e. The zero-order valence-electron chi connectivity index (χ0n) is 5.29. The van der Waals surface area contributed by atoms with Crippen molar-refractivity contribution in [2.75, 3.05) is 11.5 Å². The summed E-state index contributed by atoms with van der Waals surface area (Å²) < 4.78 is 21.0. The van der Waals surface area contributed by atoms with E-state index in [4.69, 9.17) is 0 Å². The lowest BCUT2D eigenvalue weighted by Gasteiger charge is -2.34. The lowest BCUT2D eigenvalue weighted by molar-refractivity contribution is 0.0675. The molecule has 0 aromatic carbocycles. The van der Waals surface area contributed by atoms with Gasteiger partial charge >= 0.3 is 0 Å². The van der Waals surface area contributed by atoms with Crippen LogP contribution < -0.4 is 0 Å². The van der Waals surface area contributed by atoms with Crippen molar-refractivity contribution in [3.63, 3.8) is 0 Å². The van der Waals surface area contributed by atoms with Crippen LogP contribution in [0.2, 0.25) is 0 Å². The van der Waals surface area contributed by atoms with E-state index in [1.807, 2.05) is 0 Å². The summed E-state index contributed by atoms with van der Waals surface area (Å²) in [5, 5.41) is 9.18. The van der Waals surface area contributed by atoms with Crippen molar-refractivity contribution in [1.29, 1.82) is 0 Å². The topological polar surface area (TPSA) is 54.4 Å². The maximum absolute atomic E-state index is 10.5. The molecule has 0 atom stereocenters. The number of hydrogen-bond acceptors (Lipinski definition) is 3. The Morgan fingerprint density at radius 2 is 2.00 bits per heavy atom. The molecule has 0 spiro atoms. The molecule has 54 valence electrons. The van der Waals surface area contributed by atoms with Gasteiger partial charge in [0, 0.05) is 0 Å². The van der Waals surface area contributed by atoms with E-state index in [0.29, 0.717) is 6.42 Å². The molecule has 1 fully saturated rings. The monoisotopic (exact) mass is 150 g/mol. The molecule has 1 aliphatic rings. The quantitative estimate of drug-likeness (QED) is 0.551. The van der Waals surface area contributed by atoms with Gasteiger partial charge in [-0.15, -0.1) is 0 Å². The van der Waals surface area contributed by atoms with Crippen molar-refractivity contribution in [2.24, 2.45) is 0 Å². The second-order valence-electron chi connectivity index (χ2n) is 2.61. The van der Waals surface area contributed by atoms with E-state index in [-0.39, 0.29) is 11.5 Å². The molecule has 1 aliphatic heterocycles. The SMILES string of the molecule is CCC1(O)CS(=O)(=O)C1. The number of aliphatic hydroxyl groups is 1. The molecule has 0 radical (unpaired) electrons. The highest BCUT2D eigenvalue weighted by Crippen LogP contribution is 2.25. The molecule has 0 unspecified atom stereocenters. The minimum absolute atomic E-state index is 0.0451. The first kappa shape index (κ1) is 7.02. The van der Waals surface area contributed by atoms with Crippen molar-refractivity contribution < 1.29 is 13.5 Å². The molecule has 1 N–H and O–H groups in total. The first-order valence-electron chi connectivity index (χ1n) is 2.90. The largest absolute Gasteiger partial charge is 0.388 e. The summed E-state index contributed by atoms with van der Waals surface area (Å²) in [5.74, 6) is -0.0903. The smallest absolute Gasteiger partial charge is 0.156 e. The van der Waals surface area contributed by atoms with Crippen molar-refractivity contribution in [2.45, 2.75) is 18.9 Å². The van der Waals surface area contributed by atoms with Crippen LogP contribution >= 0.6 is 0 Å². The molecule has 0 aromatic heterocycles. The van der Waals surface area contributed by atoms with Gasteiger partial charge in [-0.2, -0.15) is 0 Å². The van der Waals surface area contributed by atoms with E-state index in [0.717, 1.165) is 0 Å². The molecule has 0 bridgehead atoms. The average Bonchev–Trinajstić information content (AvgIpc) is 1.61. The van der Waals surface area contributed by atoms with E-state index in [1.54, 1.807) is 6.92 Å². The molecular weight excluding hydrogens is 140 g/mol. The van der Waals surface area contributed by atoms with Gasteiger partial charge < -0.3 is 5.11 Å². The Morgan fingerprint density at radius 3 is 2.11 bits per heavy atom. The molecule has 0 saturated carbocycles. The molecule has 4 heteroatoms. The third kappa shape index (κ3) is 1.24. The lowest BCUT2D eigenvalue weighted by Crippen LogP contribution is -2.54. The minimum atomic E-state index is -2.85. The molecule has 9 heavy (non-hydrogen) atoms. The second kappa shape index (κ2) is 1.70. The summed E-state index contributed by atoms with van der Waals surface area (Å²) in [6.45, 7) is 1.79. The Morgan fingerprint density at radius 1 is 1.56 bits per heavy atom. The lowest BCUT2D eigenvalue weighted by atomic mass is 10.1. The molecule has 0 aliphatic carbocycles. The summed E-state index contributed by atoms with van der Waals surface area (Å²) in [6.07, 6.45) is 0.534. The first-order chi connectivity index (χ1) is 3.97. The third-order valence-electron chi connectivity index (χ3n) is 1.64. The Bertz CT molecular complexity index is 192. The van der Waals surface area contributed by atoms with Crippen LogP contribution in [0.3, 0.4) is 0 Å². The van der Waals surface area contributed by atoms with Crippen LogP contribution in [0.5, 0.6) is 0 Å². The summed E-state index contributed by atoms with van der Waals surface area (Å²) in [7, 11) is -2.85. The van der Waals surface area contributed by atoms with Gasteiger partial charge in [-0.1, -0.05) is 6.92 Å². The van der Waals surface area contributed by atoms with Gasteiger partial charge in [0.1, 0.15) is 0 Å². The zero-order chi connectivity index (χ0) is 7.12. The standard InChI is InChI=1S/C5H10O3S/c1-2-5(6)3-9(7,8)4-5/h6H,2-4H2,1H3. The van der Waals surface area contributed by atoms with Gasteiger partial charge in [-0.25, -0.2) is 8.42 Å². The molecule has 1 rings (SSSR count). The summed E-state index contributed by atoms with van der Waals surface area (Å²) >= 11 is 0. The van der Waals surface area contributed by atoms with E-state index in [1.165, 1.54) is 0 Å². The number of hydrogen-bond donors (Lipinski definition) is 1. The summed E-state index contributed by atoms with van der Waals surface area (Å²) in [5.41, 5.74) is -0.890. The number of sulfone groups is 1. The van der Waals surface area contributed by atoms with Crippen LogP contribution in [0.25, 0.3) is 0 Å². The Kier molecular flexibility index (Phi) is 1.33. The van der Waals surface area contributed by atoms with E-state index < -0.39 is 15.4 Å². The zero-order valence-corrected chi connectivity index (χ0v) is 6.11. The van der Waals surface area contributed by atoms with Crippen molar-refractivity contribution in [1.82, 2.24) is 0 Å². The average molecular weight is 150 g/mol. The molecule has 3 nitrogen and oxygen atoms in total. The van der Waals surface area contributed by atoms with Crippen molar-refractivity contribution >= 4 is 9.84 Å². The van der Waals surface area contributed by atoms with Gasteiger partial charge in [0.15, 0.2) is 9.84 Å². The Hall–Kier alpha value is -0.0900. The van der Waals surface area contributed by atoms with Crippen LogP contribution in [0.15, 0.2) is 0 Å². The summed E-state index contributed by atoms with van der Waals surface area (Å²) in [6, 6.07) is 0. The van der Waals surface area contributed by atoms with Crippen LogP contribution in [-0.2, 0) is 9.84 Å². The van der Waals surface area contributed by atoms with Crippen LogP contribution in [0.1, 0.15) is 13.3 Å². The third-order valence-corrected chi connectivity index (χ3v) is 3.59. The molecule has 0 aromatic rings. The van der Waals surface area contributed by atoms with Gasteiger partial charge in [-0.3, -0.25) is 0 Å². The van der Waals surface area contributed by atoms with Gasteiger partial charge in [-0.05, 0) is 6.42 Å². The first-order valence-corrected chi connectivity index (χ1v) is 4.72. The molecule has 0 amide bonds. The van der Waals surface area contributed by atoms with Crippen LogP contribution in [-0.4, -0.2) is 30.6 Å². The van der Waals surface area contributed by atoms with Crippen molar-refractivity contribution in [3.8, 4) is 0 Å². The fourth-order valence-electron chi connectivity index (χ4n) is 0.981. The normalized spacial score (nSPS) is 29.1. The fourth-order valence-corrected chi connectivity index (χ4v) is 2.94. The minimum Gasteiger partial charge on any atom is -0.388 e. The van der Waals surface area contributed by atoms with Gasteiger partial charge in [0.05, 0.1) is 17.1 Å². The molecule has 1 heterocycles. The fraction of sp³-hybridized carbons (Fsp3) is 1.00. The van der Waals surface area contributed by atoms with Crippen LogP contribution in [0.4, 0.5) is 0 Å². The highest BCUT2D eigenvalue weighted by atomic mass is 32.2. The Balaban J connectivity index is 2.61. The van der Waals surface area contributed by atoms with Crippen LogP contribution in [0, 0.1) is 0 Å². The predicted octanol–water partition coefficient (Wildman–Crippen LogP) is -0.444. The number of rotatable bonds is 1.